The van der Waals surface area contributed by atoms with Gasteiger partial charge in [0, 0.05) is 25.7 Å². The molecule has 17 nitrogen and oxygen atoms in total. The Balaban J connectivity index is 5.11. The molecule has 0 rings (SSSR count). The summed E-state index contributed by atoms with van der Waals surface area (Å²) in [6.07, 6.45) is 51.8. The summed E-state index contributed by atoms with van der Waals surface area (Å²) in [5.41, 5.74) is 0. The molecule has 0 aromatic rings. The molecule has 0 bridgehead atoms. The van der Waals surface area contributed by atoms with Gasteiger partial charge >= 0.3 is 39.5 Å². The second-order valence-electron chi connectivity index (χ2n) is 26.1. The van der Waals surface area contributed by atoms with Crippen molar-refractivity contribution in [1.29, 1.82) is 0 Å². The van der Waals surface area contributed by atoms with E-state index in [0.29, 0.717) is 31.6 Å². The molecule has 0 amide bonds. The predicted molar refractivity (Wildman–Crippen MR) is 363 cm³/mol. The van der Waals surface area contributed by atoms with Crippen molar-refractivity contribution in [2.75, 3.05) is 39.6 Å². The van der Waals surface area contributed by atoms with Crippen molar-refractivity contribution in [2.24, 2.45) is 5.92 Å². The molecule has 0 fully saturated rings. The number of phosphoric ester groups is 2. The van der Waals surface area contributed by atoms with Crippen LogP contribution in [0.3, 0.4) is 0 Å². The number of hydrogen-bond acceptors (Lipinski definition) is 15. The van der Waals surface area contributed by atoms with Crippen molar-refractivity contribution >= 4 is 39.5 Å². The molecule has 0 saturated heterocycles. The van der Waals surface area contributed by atoms with Crippen LogP contribution >= 0.6 is 15.6 Å². The summed E-state index contributed by atoms with van der Waals surface area (Å²) in [5, 5.41) is 10.6. The molecular formula is C71H138O17P2. The summed E-state index contributed by atoms with van der Waals surface area (Å²) >= 11 is 0. The average Bonchev–Trinajstić information content (AvgIpc) is 3.35. The first-order chi connectivity index (χ1) is 43.5. The van der Waals surface area contributed by atoms with E-state index in [1.807, 2.05) is 0 Å². The standard InChI is InChI=1S/C71H138O17P2/c1-6-9-12-15-18-21-23-24-25-26-27-28-29-30-31-32-33-35-37-40-46-51-56-70(75)87-66(60-82-69(74)55-50-45-39-36-34-22-19-16-13-10-7-2)62-85-89(77,78)83-58-65(72)59-84-90(79,80)86-63-67(61-81-68(73)54-49-44-38-20-17-14-11-8-3)88-71(76)57-52-47-42-41-43-48-53-64(4)5/h64-67,72H,6-63H2,1-5H3,(H,77,78)(H,79,80)/t65-,66-,67-/m1/s1. The number of hydrogen-bond donors (Lipinski definition) is 3. The van der Waals surface area contributed by atoms with Crippen LogP contribution in [0, 0.1) is 5.92 Å². The van der Waals surface area contributed by atoms with Gasteiger partial charge in [0.2, 0.25) is 0 Å². The predicted octanol–water partition coefficient (Wildman–Crippen LogP) is 20.5. The first-order valence-electron chi connectivity index (χ1n) is 37.1. The van der Waals surface area contributed by atoms with E-state index in [-0.39, 0.29) is 25.7 Å². The number of carbonyl (C=O) groups excluding carboxylic acids is 4. The third-order valence-corrected chi connectivity index (χ3v) is 18.4. The molecule has 19 heteroatoms. The molecule has 90 heavy (non-hydrogen) atoms. The smallest absolute Gasteiger partial charge is 0.462 e. The molecule has 3 N–H and O–H groups in total. The molecule has 534 valence electrons. The van der Waals surface area contributed by atoms with Crippen LogP contribution in [-0.2, 0) is 65.4 Å². The minimum atomic E-state index is -4.95. The Hall–Kier alpha value is -1.94. The Morgan fingerprint density at radius 2 is 0.511 bits per heavy atom. The molecule has 0 saturated carbocycles. The summed E-state index contributed by atoms with van der Waals surface area (Å²) in [5.74, 6) is -1.46. The fraction of sp³-hybridized carbons (Fsp3) is 0.944. The zero-order chi connectivity index (χ0) is 66.3. The Labute approximate surface area is 549 Å². The number of ether oxygens (including phenoxy) is 4. The Morgan fingerprint density at radius 1 is 0.300 bits per heavy atom. The summed E-state index contributed by atoms with van der Waals surface area (Å²) in [7, 11) is -9.89. The summed E-state index contributed by atoms with van der Waals surface area (Å²) in [6.45, 7) is 7.12. The maximum atomic E-state index is 13.0. The van der Waals surface area contributed by atoms with Crippen molar-refractivity contribution in [3.8, 4) is 0 Å². The maximum absolute atomic E-state index is 13.0. The topological polar surface area (TPSA) is 237 Å². The molecule has 0 aliphatic carbocycles. The second kappa shape index (κ2) is 64.4. The van der Waals surface area contributed by atoms with E-state index in [2.05, 4.69) is 34.6 Å². The molecule has 5 atom stereocenters. The zero-order valence-electron chi connectivity index (χ0n) is 58.3. The first kappa shape index (κ1) is 88.1. The molecule has 2 unspecified atom stereocenters. The lowest BCUT2D eigenvalue weighted by atomic mass is 10.0. The third kappa shape index (κ3) is 64.8. The van der Waals surface area contributed by atoms with Gasteiger partial charge in [-0.3, -0.25) is 37.3 Å². The van der Waals surface area contributed by atoms with E-state index < -0.39 is 97.5 Å². The van der Waals surface area contributed by atoms with Crippen LogP contribution in [-0.4, -0.2) is 96.7 Å². The lowest BCUT2D eigenvalue weighted by molar-refractivity contribution is -0.161. The van der Waals surface area contributed by atoms with E-state index in [1.54, 1.807) is 0 Å². The summed E-state index contributed by atoms with van der Waals surface area (Å²) in [6, 6.07) is 0. The van der Waals surface area contributed by atoms with Gasteiger partial charge in [0.1, 0.15) is 19.3 Å². The number of rotatable bonds is 71. The first-order valence-corrected chi connectivity index (χ1v) is 40.1. The SMILES string of the molecule is CCCCCCCCCCCCCCCCCCCCCCCCC(=O)O[C@H](COC(=O)CCCCCCCCCCCCC)COP(=O)(O)OC[C@@H](O)COP(=O)(O)OC[C@@H](COC(=O)CCCCCCCCCC)OC(=O)CCCCCCCCC(C)C. The van der Waals surface area contributed by atoms with Crippen LogP contribution in [0.4, 0.5) is 0 Å². The average molecular weight is 1330 g/mol. The maximum Gasteiger partial charge on any atom is 0.472 e. The molecule has 0 spiro atoms. The van der Waals surface area contributed by atoms with Crippen LogP contribution in [0.2, 0.25) is 0 Å². The Kier molecular flexibility index (Phi) is 63.0. The highest BCUT2D eigenvalue weighted by Gasteiger charge is 2.30. The van der Waals surface area contributed by atoms with Gasteiger partial charge in [0.25, 0.3) is 0 Å². The van der Waals surface area contributed by atoms with E-state index in [4.69, 9.17) is 37.0 Å². The monoisotopic (exact) mass is 1320 g/mol. The van der Waals surface area contributed by atoms with Crippen molar-refractivity contribution in [1.82, 2.24) is 0 Å². The van der Waals surface area contributed by atoms with Gasteiger partial charge in [-0.05, 0) is 31.6 Å². The van der Waals surface area contributed by atoms with Crippen molar-refractivity contribution in [2.45, 2.75) is 387 Å². The molecule has 0 heterocycles. The number of aliphatic hydroxyl groups is 1. The quantitative estimate of drug-likeness (QED) is 0.0222. The summed E-state index contributed by atoms with van der Waals surface area (Å²) in [4.78, 5) is 72.3. The van der Waals surface area contributed by atoms with Crippen LogP contribution in [0.5, 0.6) is 0 Å². The third-order valence-electron chi connectivity index (χ3n) is 16.5. The molecule has 0 aliphatic rings. The molecule has 0 aromatic carbocycles. The minimum Gasteiger partial charge on any atom is -0.462 e. The van der Waals surface area contributed by atoms with Gasteiger partial charge in [0.05, 0.1) is 26.4 Å². The van der Waals surface area contributed by atoms with Crippen molar-refractivity contribution in [3.05, 3.63) is 0 Å². The Bertz CT molecular complexity index is 1740. The van der Waals surface area contributed by atoms with Gasteiger partial charge in [-0.15, -0.1) is 0 Å². The highest BCUT2D eigenvalue weighted by atomic mass is 31.2. The molecular weight excluding hydrogens is 1190 g/mol. The van der Waals surface area contributed by atoms with Crippen molar-refractivity contribution in [3.63, 3.8) is 0 Å². The lowest BCUT2D eigenvalue weighted by Crippen LogP contribution is -2.30. The second-order valence-corrected chi connectivity index (χ2v) is 29.0. The van der Waals surface area contributed by atoms with Crippen LogP contribution < -0.4 is 0 Å². The van der Waals surface area contributed by atoms with Crippen LogP contribution in [0.1, 0.15) is 369 Å². The number of unbranched alkanes of at least 4 members (excludes halogenated alkanes) is 43. The highest BCUT2D eigenvalue weighted by molar-refractivity contribution is 7.47. The van der Waals surface area contributed by atoms with Crippen LogP contribution in [0.15, 0.2) is 0 Å². The minimum absolute atomic E-state index is 0.102. The molecule has 0 aromatic heterocycles. The Morgan fingerprint density at radius 3 is 0.756 bits per heavy atom. The van der Waals surface area contributed by atoms with Gasteiger partial charge in [-0.1, -0.05) is 317 Å². The fourth-order valence-electron chi connectivity index (χ4n) is 10.8. The fourth-order valence-corrected chi connectivity index (χ4v) is 12.4. The highest BCUT2D eigenvalue weighted by Crippen LogP contribution is 2.45. The largest absolute Gasteiger partial charge is 0.472 e. The normalized spacial score (nSPS) is 14.1. The number of phosphoric acid groups is 2. The van der Waals surface area contributed by atoms with Gasteiger partial charge in [-0.2, -0.15) is 0 Å². The van der Waals surface area contributed by atoms with E-state index in [1.165, 1.54) is 186 Å². The van der Waals surface area contributed by atoms with Crippen molar-refractivity contribution < 1.29 is 80.2 Å². The number of esters is 4. The van der Waals surface area contributed by atoms with Gasteiger partial charge in [0.15, 0.2) is 12.2 Å². The van der Waals surface area contributed by atoms with E-state index in [0.717, 1.165) is 96.3 Å². The van der Waals surface area contributed by atoms with Gasteiger partial charge < -0.3 is 33.8 Å². The van der Waals surface area contributed by atoms with Gasteiger partial charge in [-0.25, -0.2) is 9.13 Å². The number of aliphatic hydroxyl groups excluding tert-OH is 1. The zero-order valence-corrected chi connectivity index (χ0v) is 60.1. The summed E-state index contributed by atoms with van der Waals surface area (Å²) < 4.78 is 68.1. The van der Waals surface area contributed by atoms with Crippen LogP contribution in [0.25, 0.3) is 0 Å². The number of carbonyl (C=O) groups is 4. The molecule has 0 aliphatic heterocycles. The lowest BCUT2D eigenvalue weighted by Gasteiger charge is -2.21. The van der Waals surface area contributed by atoms with E-state index in [9.17, 15) is 43.2 Å². The molecule has 0 radical (unpaired) electrons. The van der Waals surface area contributed by atoms with E-state index >= 15 is 0 Å².